The minimum atomic E-state index is -0.0380. The van der Waals surface area contributed by atoms with Crippen LogP contribution in [0.5, 0.6) is 5.75 Å². The minimum absolute atomic E-state index is 0.0380. The van der Waals surface area contributed by atoms with Gasteiger partial charge in [-0.25, -0.2) is 0 Å². The van der Waals surface area contributed by atoms with Gasteiger partial charge < -0.3 is 9.64 Å². The minimum Gasteiger partial charge on any atom is -0.497 e. The second kappa shape index (κ2) is 5.56. The number of carbonyl (C=O) groups excluding carboxylic acids is 1. The number of carbonyl (C=O) groups is 1. The van der Waals surface area contributed by atoms with E-state index < -0.39 is 0 Å². The van der Waals surface area contributed by atoms with Crippen LogP contribution in [0.25, 0.3) is 0 Å². The molecule has 0 fully saturated rings. The van der Waals surface area contributed by atoms with Crippen molar-refractivity contribution >= 4 is 5.91 Å². The highest BCUT2D eigenvalue weighted by Crippen LogP contribution is 2.13. The fourth-order valence-corrected chi connectivity index (χ4v) is 1.83. The number of nitrogens with zero attached hydrogens (tertiary/aromatic N) is 3. The van der Waals surface area contributed by atoms with Crippen molar-refractivity contribution in [3.63, 3.8) is 0 Å². The van der Waals surface area contributed by atoms with Gasteiger partial charge in [0.2, 0.25) is 0 Å². The molecule has 1 aromatic heterocycles. The molecule has 19 heavy (non-hydrogen) atoms. The quantitative estimate of drug-likeness (QED) is 0.839. The molecule has 0 aliphatic carbocycles. The van der Waals surface area contributed by atoms with Crippen LogP contribution in [0, 0.1) is 0 Å². The molecule has 5 nitrogen and oxygen atoms in total. The van der Waals surface area contributed by atoms with Crippen molar-refractivity contribution in [2.24, 2.45) is 7.05 Å². The molecule has 0 aliphatic heterocycles. The van der Waals surface area contributed by atoms with Gasteiger partial charge in [-0.3, -0.25) is 9.48 Å². The first kappa shape index (κ1) is 13.1. The molecule has 5 heteroatoms. The van der Waals surface area contributed by atoms with Gasteiger partial charge >= 0.3 is 0 Å². The average molecular weight is 259 g/mol. The van der Waals surface area contributed by atoms with Crippen LogP contribution in [-0.4, -0.2) is 34.7 Å². The zero-order chi connectivity index (χ0) is 13.8. The van der Waals surface area contributed by atoms with Crippen molar-refractivity contribution in [2.45, 2.75) is 6.54 Å². The molecular formula is C14H17N3O2. The van der Waals surface area contributed by atoms with Gasteiger partial charge in [0.25, 0.3) is 5.91 Å². The molecule has 0 N–H and O–H groups in total. The Morgan fingerprint density at radius 1 is 1.37 bits per heavy atom. The summed E-state index contributed by atoms with van der Waals surface area (Å²) >= 11 is 0. The third kappa shape index (κ3) is 3.13. The van der Waals surface area contributed by atoms with Gasteiger partial charge in [-0.1, -0.05) is 12.1 Å². The van der Waals surface area contributed by atoms with Gasteiger partial charge in [0.15, 0.2) is 0 Å². The van der Waals surface area contributed by atoms with Gasteiger partial charge in [-0.05, 0) is 17.7 Å². The SMILES string of the molecule is COc1ccc(CN(C)C(=O)c2cnn(C)c2)cc1. The van der Waals surface area contributed by atoms with Crippen LogP contribution in [0.15, 0.2) is 36.7 Å². The Hall–Kier alpha value is -2.30. The largest absolute Gasteiger partial charge is 0.497 e. The first-order valence-electron chi connectivity index (χ1n) is 5.97. The maximum absolute atomic E-state index is 12.1. The van der Waals surface area contributed by atoms with Crippen molar-refractivity contribution in [3.05, 3.63) is 47.8 Å². The number of aromatic nitrogens is 2. The van der Waals surface area contributed by atoms with E-state index in [2.05, 4.69) is 5.10 Å². The second-order valence-corrected chi connectivity index (χ2v) is 4.41. The maximum atomic E-state index is 12.1. The van der Waals surface area contributed by atoms with E-state index in [4.69, 9.17) is 4.74 Å². The van der Waals surface area contributed by atoms with E-state index in [-0.39, 0.29) is 5.91 Å². The Bertz CT molecular complexity index is 560. The van der Waals surface area contributed by atoms with E-state index in [9.17, 15) is 4.79 Å². The molecule has 100 valence electrons. The molecule has 1 aromatic carbocycles. The van der Waals surface area contributed by atoms with Crippen molar-refractivity contribution in [1.29, 1.82) is 0 Å². The molecule has 1 heterocycles. The first-order valence-corrected chi connectivity index (χ1v) is 5.97. The number of rotatable bonds is 4. The van der Waals surface area contributed by atoms with Gasteiger partial charge in [0, 0.05) is 26.8 Å². The third-order valence-corrected chi connectivity index (χ3v) is 2.88. The summed E-state index contributed by atoms with van der Waals surface area (Å²) in [6, 6.07) is 7.67. The lowest BCUT2D eigenvalue weighted by atomic mass is 10.2. The molecule has 0 radical (unpaired) electrons. The van der Waals surface area contributed by atoms with E-state index in [0.29, 0.717) is 12.1 Å². The molecular weight excluding hydrogens is 242 g/mol. The highest BCUT2D eigenvalue weighted by atomic mass is 16.5. The monoisotopic (exact) mass is 259 g/mol. The molecule has 0 unspecified atom stereocenters. The van der Waals surface area contributed by atoms with E-state index in [1.165, 1.54) is 0 Å². The lowest BCUT2D eigenvalue weighted by Crippen LogP contribution is -2.25. The lowest BCUT2D eigenvalue weighted by molar-refractivity contribution is 0.0785. The lowest BCUT2D eigenvalue weighted by Gasteiger charge is -2.16. The number of ether oxygens (including phenoxy) is 1. The number of amides is 1. The Morgan fingerprint density at radius 3 is 2.58 bits per heavy atom. The molecule has 1 amide bonds. The van der Waals surface area contributed by atoms with Crippen molar-refractivity contribution in [2.75, 3.05) is 14.2 Å². The van der Waals surface area contributed by atoms with E-state index in [1.807, 2.05) is 24.3 Å². The number of hydrogen-bond donors (Lipinski definition) is 0. The predicted octanol–water partition coefficient (Wildman–Crippen LogP) is 1.70. The summed E-state index contributed by atoms with van der Waals surface area (Å²) in [5, 5.41) is 4.00. The van der Waals surface area contributed by atoms with Gasteiger partial charge in [0.1, 0.15) is 5.75 Å². The van der Waals surface area contributed by atoms with Crippen LogP contribution in [0.1, 0.15) is 15.9 Å². The molecule has 0 atom stereocenters. The fourth-order valence-electron chi connectivity index (χ4n) is 1.83. The van der Waals surface area contributed by atoms with Crippen LogP contribution >= 0.6 is 0 Å². The smallest absolute Gasteiger partial charge is 0.257 e. The predicted molar refractivity (Wildman–Crippen MR) is 72.0 cm³/mol. The summed E-state index contributed by atoms with van der Waals surface area (Å²) in [5.41, 5.74) is 1.65. The maximum Gasteiger partial charge on any atom is 0.257 e. The first-order chi connectivity index (χ1) is 9.10. The number of aryl methyl sites for hydroxylation is 1. The third-order valence-electron chi connectivity index (χ3n) is 2.88. The van der Waals surface area contributed by atoms with E-state index in [0.717, 1.165) is 11.3 Å². The second-order valence-electron chi connectivity index (χ2n) is 4.41. The number of benzene rings is 1. The molecule has 0 saturated carbocycles. The zero-order valence-electron chi connectivity index (χ0n) is 11.3. The van der Waals surface area contributed by atoms with Crippen LogP contribution in [0.4, 0.5) is 0 Å². The van der Waals surface area contributed by atoms with Crippen molar-refractivity contribution in [1.82, 2.24) is 14.7 Å². The standard InChI is InChI=1S/C14H17N3O2/c1-16(14(18)12-8-15-17(2)10-12)9-11-4-6-13(19-3)7-5-11/h4-8,10H,9H2,1-3H3. The van der Waals surface area contributed by atoms with Crippen LogP contribution in [0.2, 0.25) is 0 Å². The molecule has 2 aromatic rings. The van der Waals surface area contributed by atoms with Gasteiger partial charge in [-0.15, -0.1) is 0 Å². The van der Waals surface area contributed by atoms with Gasteiger partial charge in [-0.2, -0.15) is 5.10 Å². The Labute approximate surface area is 112 Å². The summed E-state index contributed by atoms with van der Waals surface area (Å²) in [6.45, 7) is 0.553. The molecule has 0 bridgehead atoms. The summed E-state index contributed by atoms with van der Waals surface area (Å²) in [4.78, 5) is 13.8. The van der Waals surface area contributed by atoms with Crippen LogP contribution in [0.3, 0.4) is 0 Å². The normalized spacial score (nSPS) is 10.3. The number of hydrogen-bond acceptors (Lipinski definition) is 3. The Morgan fingerprint density at radius 2 is 2.05 bits per heavy atom. The summed E-state index contributed by atoms with van der Waals surface area (Å²) in [5.74, 6) is 0.772. The van der Waals surface area contributed by atoms with E-state index in [1.54, 1.807) is 43.2 Å². The Kier molecular flexibility index (Phi) is 3.85. The topological polar surface area (TPSA) is 47.4 Å². The highest BCUT2D eigenvalue weighted by Gasteiger charge is 2.13. The fraction of sp³-hybridized carbons (Fsp3) is 0.286. The van der Waals surface area contributed by atoms with Gasteiger partial charge in [0.05, 0.1) is 18.9 Å². The highest BCUT2D eigenvalue weighted by molar-refractivity contribution is 5.93. The van der Waals surface area contributed by atoms with E-state index >= 15 is 0 Å². The van der Waals surface area contributed by atoms with Crippen LogP contribution < -0.4 is 4.74 Å². The van der Waals surface area contributed by atoms with Crippen molar-refractivity contribution < 1.29 is 9.53 Å². The number of methoxy groups -OCH3 is 1. The average Bonchev–Trinajstić information content (AvgIpc) is 2.85. The molecule has 0 spiro atoms. The molecule has 2 rings (SSSR count). The molecule has 0 saturated heterocycles. The summed E-state index contributed by atoms with van der Waals surface area (Å²) in [6.07, 6.45) is 3.29. The molecule has 0 aliphatic rings. The summed E-state index contributed by atoms with van der Waals surface area (Å²) in [7, 11) is 5.20. The Balaban J connectivity index is 2.03. The van der Waals surface area contributed by atoms with Crippen LogP contribution in [-0.2, 0) is 13.6 Å². The van der Waals surface area contributed by atoms with Crippen molar-refractivity contribution in [3.8, 4) is 5.75 Å². The summed E-state index contributed by atoms with van der Waals surface area (Å²) < 4.78 is 6.72. The zero-order valence-corrected chi connectivity index (χ0v) is 11.3.